The molecule has 0 bridgehead atoms. The lowest BCUT2D eigenvalue weighted by Crippen LogP contribution is -2.58. The van der Waals surface area contributed by atoms with E-state index in [1.807, 2.05) is 6.26 Å². The minimum absolute atomic E-state index is 0.0477. The highest BCUT2D eigenvalue weighted by atomic mass is 32.2. The summed E-state index contributed by atoms with van der Waals surface area (Å²) in [6.45, 7) is -0.00282. The van der Waals surface area contributed by atoms with E-state index < -0.39 is 42.5 Å². The molecule has 178 valence electrons. The van der Waals surface area contributed by atoms with E-state index in [2.05, 4.69) is 31.2 Å². The molecule has 13 heteroatoms. The number of carbonyl (C=O) groups excluding carboxylic acids is 3. The van der Waals surface area contributed by atoms with Crippen molar-refractivity contribution in [2.75, 3.05) is 25.2 Å². The summed E-state index contributed by atoms with van der Waals surface area (Å²) in [5, 5.41) is 29.5. The van der Waals surface area contributed by atoms with Gasteiger partial charge in [-0.05, 0) is 37.8 Å². The van der Waals surface area contributed by atoms with Crippen LogP contribution >= 0.6 is 11.8 Å². The summed E-state index contributed by atoms with van der Waals surface area (Å²) in [7, 11) is 0. The normalized spacial score (nSPS) is 18.4. The number of aromatic nitrogens is 2. The summed E-state index contributed by atoms with van der Waals surface area (Å²) in [6, 6.07) is -3.91. The van der Waals surface area contributed by atoms with Gasteiger partial charge in [0, 0.05) is 18.3 Å². The number of hydrogen-bond donors (Lipinski definition) is 7. The summed E-state index contributed by atoms with van der Waals surface area (Å²) in [5.74, 6) is -2.44. The Bertz CT molecular complexity index is 770. The van der Waals surface area contributed by atoms with Crippen molar-refractivity contribution in [2.24, 2.45) is 0 Å². The van der Waals surface area contributed by atoms with E-state index in [1.54, 1.807) is 0 Å². The second kappa shape index (κ2) is 13.0. The number of aromatic amines is 1. The van der Waals surface area contributed by atoms with Crippen LogP contribution in [0.4, 0.5) is 0 Å². The zero-order chi connectivity index (χ0) is 23.5. The molecule has 7 N–H and O–H groups in total. The molecule has 0 aliphatic carbocycles. The molecule has 1 aliphatic heterocycles. The van der Waals surface area contributed by atoms with Gasteiger partial charge in [-0.2, -0.15) is 11.8 Å². The Morgan fingerprint density at radius 3 is 2.47 bits per heavy atom. The lowest BCUT2D eigenvalue weighted by Gasteiger charge is -2.24. The van der Waals surface area contributed by atoms with Crippen molar-refractivity contribution in [3.63, 3.8) is 0 Å². The highest BCUT2D eigenvalue weighted by Gasteiger charge is 2.31. The molecular weight excluding hydrogens is 440 g/mol. The topological polar surface area (TPSA) is 186 Å². The lowest BCUT2D eigenvalue weighted by molar-refractivity contribution is -0.142. The highest BCUT2D eigenvalue weighted by Crippen LogP contribution is 2.07. The first-order valence-corrected chi connectivity index (χ1v) is 11.7. The van der Waals surface area contributed by atoms with Crippen LogP contribution in [0.25, 0.3) is 0 Å². The molecule has 1 saturated heterocycles. The van der Waals surface area contributed by atoms with Crippen molar-refractivity contribution in [1.82, 2.24) is 31.2 Å². The van der Waals surface area contributed by atoms with Gasteiger partial charge in [0.2, 0.25) is 17.7 Å². The number of imidazole rings is 1. The fraction of sp³-hybridized carbons (Fsp3) is 0.632. The van der Waals surface area contributed by atoms with Gasteiger partial charge in [0.05, 0.1) is 19.0 Å². The molecule has 3 amide bonds. The van der Waals surface area contributed by atoms with Crippen LogP contribution in [0.2, 0.25) is 0 Å². The third kappa shape index (κ3) is 7.80. The number of nitrogens with one attached hydrogen (secondary N) is 5. The van der Waals surface area contributed by atoms with Crippen LogP contribution in [0.5, 0.6) is 0 Å². The van der Waals surface area contributed by atoms with E-state index in [-0.39, 0.29) is 18.4 Å². The minimum atomic E-state index is -1.37. The number of carboxylic acid groups (broad SMARTS) is 1. The summed E-state index contributed by atoms with van der Waals surface area (Å²) in [4.78, 5) is 55.8. The second-order valence-corrected chi connectivity index (χ2v) is 8.40. The Morgan fingerprint density at radius 2 is 1.91 bits per heavy atom. The molecule has 0 saturated carbocycles. The average Bonchev–Trinajstić information content (AvgIpc) is 3.48. The van der Waals surface area contributed by atoms with E-state index in [9.17, 15) is 29.4 Å². The molecular formula is C19H30N6O6S. The Labute approximate surface area is 189 Å². The van der Waals surface area contributed by atoms with Gasteiger partial charge in [-0.3, -0.25) is 14.4 Å². The number of hydrogen-bond acceptors (Lipinski definition) is 8. The molecule has 1 aromatic rings. The van der Waals surface area contributed by atoms with Crippen LogP contribution in [0.3, 0.4) is 0 Å². The van der Waals surface area contributed by atoms with Gasteiger partial charge in [-0.25, -0.2) is 9.78 Å². The van der Waals surface area contributed by atoms with Crippen LogP contribution in [0, 0.1) is 0 Å². The van der Waals surface area contributed by atoms with Gasteiger partial charge in [0.25, 0.3) is 0 Å². The highest BCUT2D eigenvalue weighted by molar-refractivity contribution is 7.98. The van der Waals surface area contributed by atoms with E-state index >= 15 is 0 Å². The number of carbonyl (C=O) groups is 4. The number of rotatable bonds is 13. The lowest BCUT2D eigenvalue weighted by atomic mass is 10.1. The summed E-state index contributed by atoms with van der Waals surface area (Å²) >= 11 is 1.50. The second-order valence-electron chi connectivity index (χ2n) is 7.42. The van der Waals surface area contributed by atoms with E-state index in [4.69, 9.17) is 0 Å². The molecule has 1 aliphatic rings. The van der Waals surface area contributed by atoms with E-state index in [0.717, 1.165) is 13.0 Å². The summed E-state index contributed by atoms with van der Waals surface area (Å²) in [5.41, 5.74) is 0.502. The zero-order valence-corrected chi connectivity index (χ0v) is 18.6. The predicted molar refractivity (Wildman–Crippen MR) is 117 cm³/mol. The minimum Gasteiger partial charge on any atom is -0.480 e. The first-order valence-electron chi connectivity index (χ1n) is 10.3. The van der Waals surface area contributed by atoms with Crippen LogP contribution in [0.1, 0.15) is 25.0 Å². The fourth-order valence-corrected chi connectivity index (χ4v) is 3.71. The number of H-pyrrole nitrogens is 1. The number of aliphatic carboxylic acids is 1. The van der Waals surface area contributed by atoms with E-state index in [1.165, 1.54) is 24.3 Å². The smallest absolute Gasteiger partial charge is 0.326 e. The van der Waals surface area contributed by atoms with Crippen molar-refractivity contribution < 1.29 is 29.4 Å². The molecule has 0 aromatic carbocycles. The Hall–Kier alpha value is -2.64. The van der Waals surface area contributed by atoms with Crippen molar-refractivity contribution >= 4 is 35.5 Å². The quantitative estimate of drug-likeness (QED) is 0.171. The first-order chi connectivity index (χ1) is 15.3. The zero-order valence-electron chi connectivity index (χ0n) is 17.8. The number of aliphatic hydroxyl groups is 1. The van der Waals surface area contributed by atoms with Gasteiger partial charge < -0.3 is 36.5 Å². The maximum Gasteiger partial charge on any atom is 0.326 e. The third-order valence-electron chi connectivity index (χ3n) is 5.03. The number of nitrogens with zero attached hydrogens (tertiary/aromatic N) is 1. The third-order valence-corrected chi connectivity index (χ3v) is 5.67. The largest absolute Gasteiger partial charge is 0.480 e. The van der Waals surface area contributed by atoms with Gasteiger partial charge in [0.1, 0.15) is 18.1 Å². The van der Waals surface area contributed by atoms with Crippen LogP contribution in [-0.2, 0) is 25.6 Å². The predicted octanol–water partition coefficient (Wildman–Crippen LogP) is -2.01. The molecule has 4 unspecified atom stereocenters. The SMILES string of the molecule is CSCCC(NC(=O)C1CCCN1)C(=O)NC(CO)C(=O)NC(Cc1cnc[nH]1)C(=O)O. The monoisotopic (exact) mass is 470 g/mol. The van der Waals surface area contributed by atoms with Crippen LogP contribution in [-0.4, -0.2) is 93.2 Å². The standard InChI is InChI=1S/C19H30N6O6S/c1-32-6-4-13(23-16(27)12-3-2-5-21-12)17(28)25-15(9-26)18(29)24-14(19(30)31)7-11-8-20-10-22-11/h8,10,12-15,21,26H,2-7,9H2,1H3,(H,20,22)(H,23,27)(H,24,29)(H,25,28)(H,30,31). The Morgan fingerprint density at radius 1 is 1.19 bits per heavy atom. The molecule has 2 rings (SSSR count). The van der Waals surface area contributed by atoms with Crippen molar-refractivity contribution in [3.05, 3.63) is 18.2 Å². The molecule has 1 aromatic heterocycles. The van der Waals surface area contributed by atoms with Crippen molar-refractivity contribution in [3.8, 4) is 0 Å². The molecule has 32 heavy (non-hydrogen) atoms. The van der Waals surface area contributed by atoms with Gasteiger partial charge >= 0.3 is 5.97 Å². The number of thioether (sulfide) groups is 1. The van der Waals surface area contributed by atoms with Gasteiger partial charge in [0.15, 0.2) is 0 Å². The maximum absolute atomic E-state index is 12.8. The summed E-state index contributed by atoms with van der Waals surface area (Å²) < 4.78 is 0. The van der Waals surface area contributed by atoms with Crippen molar-refractivity contribution in [2.45, 2.75) is 49.9 Å². The maximum atomic E-state index is 12.8. The molecule has 12 nitrogen and oxygen atoms in total. The van der Waals surface area contributed by atoms with Crippen LogP contribution < -0.4 is 21.3 Å². The first kappa shape index (κ1) is 25.6. The number of carboxylic acids is 1. The number of aliphatic hydroxyl groups excluding tert-OH is 1. The molecule has 2 heterocycles. The van der Waals surface area contributed by atoms with Crippen molar-refractivity contribution in [1.29, 1.82) is 0 Å². The average molecular weight is 471 g/mol. The van der Waals surface area contributed by atoms with E-state index in [0.29, 0.717) is 24.3 Å². The summed E-state index contributed by atoms with van der Waals surface area (Å²) in [6.07, 6.45) is 6.53. The van der Waals surface area contributed by atoms with Gasteiger partial charge in [-0.15, -0.1) is 0 Å². The molecule has 0 radical (unpaired) electrons. The number of amides is 3. The van der Waals surface area contributed by atoms with Gasteiger partial charge in [-0.1, -0.05) is 0 Å². The van der Waals surface area contributed by atoms with Crippen LogP contribution in [0.15, 0.2) is 12.5 Å². The molecule has 0 spiro atoms. The molecule has 4 atom stereocenters. The Balaban J connectivity index is 1.98. The fourth-order valence-electron chi connectivity index (χ4n) is 3.24. The Kier molecular flexibility index (Phi) is 10.4. The molecule has 1 fully saturated rings.